The van der Waals surface area contributed by atoms with Crippen molar-refractivity contribution in [2.45, 2.75) is 51.7 Å². The second kappa shape index (κ2) is 9.72. The minimum Gasteiger partial charge on any atom is -0.350 e. The topological polar surface area (TPSA) is 58.4 Å². The van der Waals surface area contributed by atoms with Gasteiger partial charge in [-0.25, -0.2) is 4.39 Å². The number of likely N-dealkylation sites (tertiary alicyclic amines) is 1. The first kappa shape index (κ1) is 22.2. The molecular weight excluding hydrogens is 364 g/mol. The van der Waals surface area contributed by atoms with Crippen LogP contribution in [0.3, 0.4) is 0 Å². The fraction of sp³-hybridized carbons (Fsp3) is 0.611. The van der Waals surface area contributed by atoms with E-state index in [4.69, 9.17) is 17.3 Å². The molecule has 1 aliphatic rings. The summed E-state index contributed by atoms with van der Waals surface area (Å²) in [5, 5.41) is 3.19. The van der Waals surface area contributed by atoms with Crippen molar-refractivity contribution in [3.05, 3.63) is 34.6 Å². The fourth-order valence-corrected chi connectivity index (χ4v) is 3.41. The van der Waals surface area contributed by atoms with Crippen molar-refractivity contribution in [3.63, 3.8) is 0 Å². The van der Waals surface area contributed by atoms with Gasteiger partial charge in [-0.1, -0.05) is 44.9 Å². The molecule has 1 aliphatic heterocycles. The van der Waals surface area contributed by atoms with E-state index < -0.39 is 11.9 Å². The summed E-state index contributed by atoms with van der Waals surface area (Å²) >= 11 is 5.80. The van der Waals surface area contributed by atoms with Crippen LogP contribution < -0.4 is 11.1 Å². The highest BCUT2D eigenvalue weighted by atomic mass is 35.5. The van der Waals surface area contributed by atoms with E-state index in [1.807, 2.05) is 19.9 Å². The number of nitrogens with zero attached hydrogens (tertiary/aromatic N) is 1. The molecule has 1 heterocycles. The number of carbonyl (C=O) groups excluding carboxylic acids is 1. The normalized spacial score (nSPS) is 23.0. The molecule has 1 fully saturated rings. The molecule has 4 unspecified atom stereocenters. The van der Waals surface area contributed by atoms with Crippen molar-refractivity contribution in [2.24, 2.45) is 11.7 Å². The molecule has 1 saturated heterocycles. The molecule has 0 bridgehead atoms. The number of rotatable bonds is 6. The maximum Gasteiger partial charge on any atom is 0.237 e. The zero-order valence-electron chi connectivity index (χ0n) is 15.0. The maximum atomic E-state index is 13.9. The lowest BCUT2D eigenvalue weighted by Gasteiger charge is -2.29. The summed E-state index contributed by atoms with van der Waals surface area (Å²) in [5.74, 6) is -0.439. The zero-order chi connectivity index (χ0) is 17.9. The molecule has 0 radical (unpaired) electrons. The van der Waals surface area contributed by atoms with Crippen LogP contribution in [-0.2, 0) is 4.79 Å². The van der Waals surface area contributed by atoms with E-state index in [9.17, 15) is 9.18 Å². The number of amides is 1. The van der Waals surface area contributed by atoms with Crippen LogP contribution in [-0.4, -0.2) is 36.0 Å². The summed E-state index contributed by atoms with van der Waals surface area (Å²) in [4.78, 5) is 14.7. The quantitative estimate of drug-likeness (QED) is 0.779. The van der Waals surface area contributed by atoms with E-state index in [-0.39, 0.29) is 41.3 Å². The first-order valence-corrected chi connectivity index (χ1v) is 9.01. The van der Waals surface area contributed by atoms with Gasteiger partial charge >= 0.3 is 0 Å². The van der Waals surface area contributed by atoms with Crippen molar-refractivity contribution in [1.82, 2.24) is 10.2 Å². The Morgan fingerprint density at radius 3 is 2.72 bits per heavy atom. The summed E-state index contributed by atoms with van der Waals surface area (Å²) in [6.07, 6.45) is 1.67. The summed E-state index contributed by atoms with van der Waals surface area (Å²) in [6, 6.07) is 4.21. The molecular formula is C18H28Cl2FN3O. The Kier molecular flexibility index (Phi) is 8.61. The molecule has 7 heteroatoms. The summed E-state index contributed by atoms with van der Waals surface area (Å²) in [5.41, 5.74) is 6.87. The van der Waals surface area contributed by atoms with E-state index >= 15 is 0 Å². The summed E-state index contributed by atoms with van der Waals surface area (Å²) in [6.45, 7) is 7.75. The average Bonchev–Trinajstić information content (AvgIpc) is 2.98. The van der Waals surface area contributed by atoms with Gasteiger partial charge in [0.05, 0.1) is 17.1 Å². The van der Waals surface area contributed by atoms with Crippen LogP contribution in [0.2, 0.25) is 5.02 Å². The highest BCUT2D eigenvalue weighted by molar-refractivity contribution is 6.30. The molecule has 0 spiro atoms. The van der Waals surface area contributed by atoms with Crippen LogP contribution in [0, 0.1) is 11.7 Å². The smallest absolute Gasteiger partial charge is 0.237 e. The standard InChI is InChI=1S/C18H27ClFN3O.ClH/c1-4-11(3)16(21)18(24)22-15-8-9-23(5-2)17(15)12-6-7-13(19)14(20)10-12;/h6-7,10-11,15-17H,4-5,8-9,21H2,1-3H3,(H,22,24);1H. The number of hydrogen-bond donors (Lipinski definition) is 2. The van der Waals surface area contributed by atoms with E-state index in [1.54, 1.807) is 6.07 Å². The van der Waals surface area contributed by atoms with Gasteiger partial charge in [-0.3, -0.25) is 9.69 Å². The second-order valence-corrected chi connectivity index (χ2v) is 6.97. The van der Waals surface area contributed by atoms with Crippen LogP contribution in [0.15, 0.2) is 18.2 Å². The van der Waals surface area contributed by atoms with Crippen molar-refractivity contribution in [1.29, 1.82) is 0 Å². The number of nitrogens with one attached hydrogen (secondary N) is 1. The highest BCUT2D eigenvalue weighted by Crippen LogP contribution is 2.33. The van der Waals surface area contributed by atoms with E-state index in [1.165, 1.54) is 6.07 Å². The first-order valence-electron chi connectivity index (χ1n) is 8.63. The molecule has 3 N–H and O–H groups in total. The third kappa shape index (κ3) is 5.07. The molecule has 25 heavy (non-hydrogen) atoms. The molecule has 0 aromatic heterocycles. The number of carbonyl (C=O) groups is 1. The van der Waals surface area contributed by atoms with E-state index in [0.29, 0.717) is 0 Å². The Morgan fingerprint density at radius 2 is 2.16 bits per heavy atom. The van der Waals surface area contributed by atoms with Gasteiger partial charge < -0.3 is 11.1 Å². The van der Waals surface area contributed by atoms with Crippen LogP contribution in [0.25, 0.3) is 0 Å². The van der Waals surface area contributed by atoms with Crippen LogP contribution in [0.1, 0.15) is 45.2 Å². The van der Waals surface area contributed by atoms with Gasteiger partial charge in [0.1, 0.15) is 5.82 Å². The van der Waals surface area contributed by atoms with Gasteiger partial charge in [0, 0.05) is 12.6 Å². The lowest BCUT2D eigenvalue weighted by molar-refractivity contribution is -0.124. The molecule has 0 aliphatic carbocycles. The van der Waals surface area contributed by atoms with Crippen molar-refractivity contribution >= 4 is 29.9 Å². The van der Waals surface area contributed by atoms with Gasteiger partial charge in [0.15, 0.2) is 0 Å². The monoisotopic (exact) mass is 391 g/mol. The second-order valence-electron chi connectivity index (χ2n) is 6.56. The Hall–Kier alpha value is -0.880. The predicted molar refractivity (Wildman–Crippen MR) is 103 cm³/mol. The maximum absolute atomic E-state index is 13.9. The summed E-state index contributed by atoms with van der Waals surface area (Å²) in [7, 11) is 0. The average molecular weight is 392 g/mol. The largest absolute Gasteiger partial charge is 0.350 e. The van der Waals surface area contributed by atoms with Crippen molar-refractivity contribution in [3.8, 4) is 0 Å². The lowest BCUT2D eigenvalue weighted by atomic mass is 9.96. The summed E-state index contributed by atoms with van der Waals surface area (Å²) < 4.78 is 13.9. The number of hydrogen-bond acceptors (Lipinski definition) is 3. The molecule has 1 amide bonds. The minimum atomic E-state index is -0.520. The van der Waals surface area contributed by atoms with Gasteiger partial charge in [0.25, 0.3) is 0 Å². The number of benzene rings is 1. The first-order chi connectivity index (χ1) is 11.4. The van der Waals surface area contributed by atoms with E-state index in [0.717, 1.165) is 31.5 Å². The van der Waals surface area contributed by atoms with Crippen molar-refractivity contribution < 1.29 is 9.18 Å². The van der Waals surface area contributed by atoms with Gasteiger partial charge in [-0.15, -0.1) is 12.4 Å². The van der Waals surface area contributed by atoms with Crippen LogP contribution >= 0.6 is 24.0 Å². The SMILES string of the molecule is CCC(C)C(N)C(=O)NC1CCN(CC)C1c1ccc(Cl)c(F)c1.Cl. The molecule has 1 aromatic rings. The fourth-order valence-electron chi connectivity index (χ4n) is 3.29. The number of halogens is 3. The van der Waals surface area contributed by atoms with Gasteiger partial charge in [-0.2, -0.15) is 0 Å². The highest BCUT2D eigenvalue weighted by Gasteiger charge is 2.36. The molecule has 4 nitrogen and oxygen atoms in total. The zero-order valence-corrected chi connectivity index (χ0v) is 16.5. The third-order valence-corrected chi connectivity index (χ3v) is 5.39. The van der Waals surface area contributed by atoms with Crippen LogP contribution in [0.5, 0.6) is 0 Å². The van der Waals surface area contributed by atoms with E-state index in [2.05, 4.69) is 17.1 Å². The van der Waals surface area contributed by atoms with Gasteiger partial charge in [0.2, 0.25) is 5.91 Å². The molecule has 1 aromatic carbocycles. The molecule has 4 atom stereocenters. The number of nitrogens with two attached hydrogens (primary N) is 1. The Labute approximate surface area is 160 Å². The Morgan fingerprint density at radius 1 is 1.48 bits per heavy atom. The molecule has 0 saturated carbocycles. The third-order valence-electron chi connectivity index (χ3n) is 5.08. The molecule has 2 rings (SSSR count). The Bertz CT molecular complexity index is 587. The number of likely N-dealkylation sites (N-methyl/N-ethyl adjacent to an activating group) is 1. The lowest BCUT2D eigenvalue weighted by Crippen LogP contribution is -2.49. The predicted octanol–water partition coefficient (Wildman–Crippen LogP) is 3.53. The Balaban J connectivity index is 0.00000312. The molecule has 142 valence electrons. The van der Waals surface area contributed by atoms with Crippen molar-refractivity contribution in [2.75, 3.05) is 13.1 Å². The minimum absolute atomic E-state index is 0. The van der Waals surface area contributed by atoms with Crippen LogP contribution in [0.4, 0.5) is 4.39 Å². The van der Waals surface area contributed by atoms with Gasteiger partial charge in [-0.05, 0) is 36.6 Å².